The minimum atomic E-state index is -0.791. The molecule has 3 heteroatoms. The Balaban J connectivity index is 2.87. The zero-order valence-corrected chi connectivity index (χ0v) is 11.1. The fourth-order valence-corrected chi connectivity index (χ4v) is 2.40. The number of halogens is 1. The summed E-state index contributed by atoms with van der Waals surface area (Å²) < 4.78 is 0. The van der Waals surface area contributed by atoms with Gasteiger partial charge in [0.25, 0.3) is 0 Å². The van der Waals surface area contributed by atoms with Crippen LogP contribution in [0, 0.1) is 5.92 Å². The van der Waals surface area contributed by atoms with Crippen molar-refractivity contribution in [2.24, 2.45) is 5.92 Å². The summed E-state index contributed by atoms with van der Waals surface area (Å²) in [6.45, 7) is 4.21. The first-order chi connectivity index (χ1) is 8.06. The largest absolute Gasteiger partial charge is 0.481 e. The Labute approximate surface area is 108 Å². The standard InChI is InChI=1S/C14H19ClO2/c1-3-6-10(2)9-12(14(16)17)11-7-4-5-8-13(11)15/h4-5,7-8,10,12H,3,6,9H2,1-2H3,(H,16,17). The molecule has 0 aliphatic rings. The predicted molar refractivity (Wildman–Crippen MR) is 70.5 cm³/mol. The maximum Gasteiger partial charge on any atom is 0.311 e. The highest BCUT2D eigenvalue weighted by molar-refractivity contribution is 6.31. The van der Waals surface area contributed by atoms with Gasteiger partial charge in [0.1, 0.15) is 0 Å². The molecule has 0 fully saturated rings. The molecule has 17 heavy (non-hydrogen) atoms. The molecule has 0 saturated carbocycles. The van der Waals surface area contributed by atoms with E-state index in [-0.39, 0.29) is 0 Å². The first-order valence-corrected chi connectivity index (χ1v) is 6.41. The highest BCUT2D eigenvalue weighted by Gasteiger charge is 2.23. The van der Waals surface area contributed by atoms with Crippen LogP contribution in [0.15, 0.2) is 24.3 Å². The van der Waals surface area contributed by atoms with Crippen LogP contribution in [0.4, 0.5) is 0 Å². The average molecular weight is 255 g/mol. The van der Waals surface area contributed by atoms with Crippen LogP contribution in [0.1, 0.15) is 44.6 Å². The van der Waals surface area contributed by atoms with Crippen molar-refractivity contribution in [1.82, 2.24) is 0 Å². The summed E-state index contributed by atoms with van der Waals surface area (Å²) in [5.74, 6) is -0.885. The van der Waals surface area contributed by atoms with E-state index in [0.717, 1.165) is 18.4 Å². The molecule has 1 rings (SSSR count). The van der Waals surface area contributed by atoms with Gasteiger partial charge in [0.15, 0.2) is 0 Å². The van der Waals surface area contributed by atoms with E-state index >= 15 is 0 Å². The summed E-state index contributed by atoms with van der Waals surface area (Å²) in [5, 5.41) is 9.85. The van der Waals surface area contributed by atoms with Gasteiger partial charge in [-0.1, -0.05) is 56.5 Å². The molecule has 0 aliphatic carbocycles. The number of hydrogen-bond donors (Lipinski definition) is 1. The zero-order chi connectivity index (χ0) is 12.8. The van der Waals surface area contributed by atoms with Crippen LogP contribution >= 0.6 is 11.6 Å². The molecule has 1 aromatic rings. The molecule has 0 aliphatic heterocycles. The van der Waals surface area contributed by atoms with E-state index in [1.54, 1.807) is 12.1 Å². The van der Waals surface area contributed by atoms with E-state index in [2.05, 4.69) is 13.8 Å². The summed E-state index contributed by atoms with van der Waals surface area (Å²) in [6.07, 6.45) is 2.77. The number of carboxylic acids is 1. The van der Waals surface area contributed by atoms with Gasteiger partial charge in [-0.2, -0.15) is 0 Å². The molecule has 0 saturated heterocycles. The summed E-state index contributed by atoms with van der Waals surface area (Å²) in [6, 6.07) is 7.21. The third-order valence-corrected chi connectivity index (χ3v) is 3.34. The Hall–Kier alpha value is -1.02. The van der Waals surface area contributed by atoms with Crippen LogP contribution < -0.4 is 0 Å². The molecule has 0 heterocycles. The Bertz CT molecular complexity index is 376. The van der Waals surface area contributed by atoms with Crippen LogP contribution in [0.5, 0.6) is 0 Å². The SMILES string of the molecule is CCCC(C)CC(C(=O)O)c1ccccc1Cl. The molecule has 2 atom stereocenters. The molecule has 1 aromatic carbocycles. The highest BCUT2D eigenvalue weighted by atomic mass is 35.5. The first kappa shape index (κ1) is 14.0. The average Bonchev–Trinajstić information content (AvgIpc) is 2.27. The van der Waals surface area contributed by atoms with E-state index in [0.29, 0.717) is 17.4 Å². The lowest BCUT2D eigenvalue weighted by Gasteiger charge is -2.18. The number of carbonyl (C=O) groups is 1. The molecule has 0 radical (unpaired) electrons. The molecule has 0 aromatic heterocycles. The van der Waals surface area contributed by atoms with E-state index in [9.17, 15) is 9.90 Å². The summed E-state index contributed by atoms with van der Waals surface area (Å²) in [5.41, 5.74) is 0.726. The molecule has 2 unspecified atom stereocenters. The van der Waals surface area contributed by atoms with Crippen LogP contribution in [-0.2, 0) is 4.79 Å². The second-order valence-corrected chi connectivity index (χ2v) is 4.95. The number of aliphatic carboxylic acids is 1. The van der Waals surface area contributed by atoms with Crippen molar-refractivity contribution in [3.8, 4) is 0 Å². The van der Waals surface area contributed by atoms with Gasteiger partial charge in [0.2, 0.25) is 0 Å². The molecule has 0 amide bonds. The first-order valence-electron chi connectivity index (χ1n) is 6.03. The van der Waals surface area contributed by atoms with Gasteiger partial charge in [0, 0.05) is 5.02 Å². The second kappa shape index (κ2) is 6.65. The Morgan fingerprint density at radius 1 is 1.41 bits per heavy atom. The minimum absolute atomic E-state index is 0.400. The quantitative estimate of drug-likeness (QED) is 0.820. The Morgan fingerprint density at radius 2 is 2.06 bits per heavy atom. The van der Waals surface area contributed by atoms with Crippen molar-refractivity contribution in [2.75, 3.05) is 0 Å². The van der Waals surface area contributed by atoms with Crippen LogP contribution in [0.3, 0.4) is 0 Å². The lowest BCUT2D eigenvalue weighted by Crippen LogP contribution is -2.15. The third kappa shape index (κ3) is 4.04. The minimum Gasteiger partial charge on any atom is -0.481 e. The number of benzene rings is 1. The number of rotatable bonds is 6. The monoisotopic (exact) mass is 254 g/mol. The van der Waals surface area contributed by atoms with Crippen LogP contribution in [0.25, 0.3) is 0 Å². The molecule has 0 bridgehead atoms. The summed E-state index contributed by atoms with van der Waals surface area (Å²) in [4.78, 5) is 11.3. The fourth-order valence-electron chi connectivity index (χ4n) is 2.13. The lowest BCUT2D eigenvalue weighted by atomic mass is 9.87. The van der Waals surface area contributed by atoms with Gasteiger partial charge in [0.05, 0.1) is 5.92 Å². The van der Waals surface area contributed by atoms with Crippen molar-refractivity contribution >= 4 is 17.6 Å². The maximum atomic E-state index is 11.3. The molecule has 0 spiro atoms. The van der Waals surface area contributed by atoms with Crippen molar-refractivity contribution in [3.63, 3.8) is 0 Å². The summed E-state index contributed by atoms with van der Waals surface area (Å²) >= 11 is 6.06. The van der Waals surface area contributed by atoms with E-state index in [1.807, 2.05) is 12.1 Å². The third-order valence-electron chi connectivity index (χ3n) is 3.00. The lowest BCUT2D eigenvalue weighted by molar-refractivity contribution is -0.139. The highest BCUT2D eigenvalue weighted by Crippen LogP contribution is 2.31. The van der Waals surface area contributed by atoms with Crippen LogP contribution in [0.2, 0.25) is 5.02 Å². The number of carboxylic acid groups (broad SMARTS) is 1. The van der Waals surface area contributed by atoms with Crippen molar-refractivity contribution < 1.29 is 9.90 Å². The van der Waals surface area contributed by atoms with E-state index in [1.165, 1.54) is 0 Å². The van der Waals surface area contributed by atoms with E-state index < -0.39 is 11.9 Å². The van der Waals surface area contributed by atoms with Gasteiger partial charge >= 0.3 is 5.97 Å². The van der Waals surface area contributed by atoms with Crippen molar-refractivity contribution in [1.29, 1.82) is 0 Å². The Morgan fingerprint density at radius 3 is 2.59 bits per heavy atom. The predicted octanol–water partition coefficient (Wildman–Crippen LogP) is 4.33. The topological polar surface area (TPSA) is 37.3 Å². The van der Waals surface area contributed by atoms with Gasteiger partial charge in [-0.05, 0) is 24.0 Å². The zero-order valence-electron chi connectivity index (χ0n) is 10.3. The normalized spacial score (nSPS) is 14.3. The van der Waals surface area contributed by atoms with Crippen molar-refractivity contribution in [2.45, 2.75) is 39.0 Å². The molecular formula is C14H19ClO2. The van der Waals surface area contributed by atoms with Crippen LogP contribution in [-0.4, -0.2) is 11.1 Å². The van der Waals surface area contributed by atoms with Gasteiger partial charge in [-0.25, -0.2) is 0 Å². The van der Waals surface area contributed by atoms with E-state index in [4.69, 9.17) is 11.6 Å². The smallest absolute Gasteiger partial charge is 0.311 e. The van der Waals surface area contributed by atoms with Crippen molar-refractivity contribution in [3.05, 3.63) is 34.9 Å². The fraction of sp³-hybridized carbons (Fsp3) is 0.500. The summed E-state index contributed by atoms with van der Waals surface area (Å²) in [7, 11) is 0. The molecular weight excluding hydrogens is 236 g/mol. The van der Waals surface area contributed by atoms with Gasteiger partial charge in [-0.3, -0.25) is 4.79 Å². The van der Waals surface area contributed by atoms with Gasteiger partial charge in [-0.15, -0.1) is 0 Å². The van der Waals surface area contributed by atoms with Gasteiger partial charge < -0.3 is 5.11 Å². The maximum absolute atomic E-state index is 11.3. The molecule has 1 N–H and O–H groups in total. The molecule has 2 nitrogen and oxygen atoms in total. The molecule has 94 valence electrons. The Kier molecular flexibility index (Phi) is 5.49. The number of hydrogen-bond acceptors (Lipinski definition) is 1. The second-order valence-electron chi connectivity index (χ2n) is 4.54.